The minimum absolute atomic E-state index is 0.0394. The number of aromatic nitrogens is 1. The molecule has 92 valence electrons. The number of carbonyl (C=O) groups is 1. The number of hydrogen-bond donors (Lipinski definition) is 0. The highest BCUT2D eigenvalue weighted by Crippen LogP contribution is 2.29. The van der Waals surface area contributed by atoms with E-state index >= 15 is 0 Å². The molecule has 0 bridgehead atoms. The Morgan fingerprint density at radius 3 is 2.82 bits per heavy atom. The van der Waals surface area contributed by atoms with Gasteiger partial charge < -0.3 is 0 Å². The average Bonchev–Trinajstić information content (AvgIpc) is 2.25. The summed E-state index contributed by atoms with van der Waals surface area (Å²) in [5.74, 6) is 0.323. The second-order valence-corrected chi connectivity index (χ2v) is 5.45. The van der Waals surface area contributed by atoms with Gasteiger partial charge in [0, 0.05) is 12.0 Å². The SMILES string of the molecule is CC(C)(C)C(=O)N1CCCc2cc(F)cnc21. The van der Waals surface area contributed by atoms with Crippen molar-refractivity contribution in [2.24, 2.45) is 5.41 Å². The Morgan fingerprint density at radius 2 is 2.18 bits per heavy atom. The van der Waals surface area contributed by atoms with E-state index in [0.29, 0.717) is 12.4 Å². The molecule has 1 aromatic heterocycles. The van der Waals surface area contributed by atoms with Crippen LogP contribution in [0.3, 0.4) is 0 Å². The monoisotopic (exact) mass is 236 g/mol. The molecule has 2 rings (SSSR count). The molecule has 0 unspecified atom stereocenters. The standard InChI is InChI=1S/C13H17FN2O/c1-13(2,3)12(17)16-6-4-5-9-7-10(14)8-15-11(9)16/h7-8H,4-6H2,1-3H3. The molecular weight excluding hydrogens is 219 g/mol. The number of carbonyl (C=O) groups excluding carboxylic acids is 1. The second kappa shape index (κ2) is 4.09. The van der Waals surface area contributed by atoms with Crippen molar-refractivity contribution in [1.82, 2.24) is 4.98 Å². The number of halogens is 1. The van der Waals surface area contributed by atoms with Gasteiger partial charge in [0.25, 0.3) is 0 Å². The number of rotatable bonds is 0. The number of pyridine rings is 1. The Hall–Kier alpha value is -1.45. The van der Waals surface area contributed by atoms with Crippen LogP contribution >= 0.6 is 0 Å². The van der Waals surface area contributed by atoms with Crippen LogP contribution in [0.1, 0.15) is 32.8 Å². The van der Waals surface area contributed by atoms with Crippen molar-refractivity contribution in [3.05, 3.63) is 23.6 Å². The number of aryl methyl sites for hydroxylation is 1. The Morgan fingerprint density at radius 1 is 1.47 bits per heavy atom. The van der Waals surface area contributed by atoms with Gasteiger partial charge >= 0.3 is 0 Å². The maximum absolute atomic E-state index is 13.1. The first-order valence-corrected chi connectivity index (χ1v) is 5.86. The van der Waals surface area contributed by atoms with Crippen LogP contribution in [0.4, 0.5) is 10.2 Å². The highest BCUT2D eigenvalue weighted by molar-refractivity contribution is 5.96. The molecule has 0 saturated heterocycles. The summed E-state index contributed by atoms with van der Waals surface area (Å²) >= 11 is 0. The molecule has 0 N–H and O–H groups in total. The maximum Gasteiger partial charge on any atom is 0.233 e. The van der Waals surface area contributed by atoms with E-state index in [1.54, 1.807) is 4.90 Å². The summed E-state index contributed by atoms with van der Waals surface area (Å²) in [6, 6.07) is 1.48. The molecule has 1 aliphatic heterocycles. The van der Waals surface area contributed by atoms with Crippen LogP contribution in [0, 0.1) is 11.2 Å². The van der Waals surface area contributed by atoms with E-state index < -0.39 is 5.41 Å². The van der Waals surface area contributed by atoms with Crippen molar-refractivity contribution in [2.75, 3.05) is 11.4 Å². The normalized spacial score (nSPS) is 15.6. The van der Waals surface area contributed by atoms with Gasteiger partial charge in [-0.25, -0.2) is 9.37 Å². The first kappa shape index (κ1) is 12.0. The van der Waals surface area contributed by atoms with Gasteiger partial charge in [-0.15, -0.1) is 0 Å². The van der Waals surface area contributed by atoms with Crippen LogP contribution in [0.15, 0.2) is 12.3 Å². The molecule has 17 heavy (non-hydrogen) atoms. The van der Waals surface area contributed by atoms with Gasteiger partial charge in [0.1, 0.15) is 11.6 Å². The van der Waals surface area contributed by atoms with Crippen LogP contribution in [-0.2, 0) is 11.2 Å². The lowest BCUT2D eigenvalue weighted by Gasteiger charge is -2.32. The average molecular weight is 236 g/mol. The third-order valence-electron chi connectivity index (χ3n) is 2.88. The van der Waals surface area contributed by atoms with Crippen molar-refractivity contribution in [2.45, 2.75) is 33.6 Å². The predicted molar refractivity (Wildman–Crippen MR) is 64.3 cm³/mol. The summed E-state index contributed by atoms with van der Waals surface area (Å²) in [7, 11) is 0. The number of nitrogens with zero attached hydrogens (tertiary/aromatic N) is 2. The summed E-state index contributed by atoms with van der Waals surface area (Å²) in [5, 5.41) is 0. The molecule has 1 amide bonds. The van der Waals surface area contributed by atoms with Crippen molar-refractivity contribution in [3.63, 3.8) is 0 Å². The van der Waals surface area contributed by atoms with Gasteiger partial charge in [-0.3, -0.25) is 9.69 Å². The minimum Gasteiger partial charge on any atom is -0.296 e. The summed E-state index contributed by atoms with van der Waals surface area (Å²) in [5.41, 5.74) is 0.388. The van der Waals surface area contributed by atoms with Gasteiger partial charge in [-0.2, -0.15) is 0 Å². The zero-order valence-corrected chi connectivity index (χ0v) is 10.5. The van der Waals surface area contributed by atoms with Crippen molar-refractivity contribution >= 4 is 11.7 Å². The summed E-state index contributed by atoms with van der Waals surface area (Å²) in [4.78, 5) is 18.0. The number of hydrogen-bond acceptors (Lipinski definition) is 2. The van der Waals surface area contributed by atoms with E-state index in [4.69, 9.17) is 0 Å². The third-order valence-corrected chi connectivity index (χ3v) is 2.88. The van der Waals surface area contributed by atoms with E-state index in [-0.39, 0.29) is 11.7 Å². The summed E-state index contributed by atoms with van der Waals surface area (Å²) < 4.78 is 13.1. The smallest absolute Gasteiger partial charge is 0.233 e. The number of fused-ring (bicyclic) bond motifs is 1. The lowest BCUT2D eigenvalue weighted by atomic mass is 9.93. The molecule has 4 heteroatoms. The molecule has 0 atom stereocenters. The minimum atomic E-state index is -0.440. The number of amides is 1. The zero-order valence-electron chi connectivity index (χ0n) is 10.5. The maximum atomic E-state index is 13.1. The lowest BCUT2D eigenvalue weighted by Crippen LogP contribution is -2.43. The largest absolute Gasteiger partial charge is 0.296 e. The highest BCUT2D eigenvalue weighted by Gasteiger charge is 2.31. The zero-order chi connectivity index (χ0) is 12.6. The molecule has 0 aliphatic carbocycles. The quantitative estimate of drug-likeness (QED) is 0.693. The van der Waals surface area contributed by atoms with E-state index in [1.165, 1.54) is 12.3 Å². The Labute approximate surface area is 101 Å². The third kappa shape index (κ3) is 2.30. The summed E-state index contributed by atoms with van der Waals surface area (Å²) in [6.07, 6.45) is 2.82. The van der Waals surface area contributed by atoms with E-state index in [2.05, 4.69) is 4.98 Å². The van der Waals surface area contributed by atoms with Gasteiger partial charge in [-0.1, -0.05) is 20.8 Å². The van der Waals surface area contributed by atoms with Gasteiger partial charge in [0.2, 0.25) is 5.91 Å². The van der Waals surface area contributed by atoms with Crippen LogP contribution in [0.5, 0.6) is 0 Å². The Kier molecular flexibility index (Phi) is 2.89. The number of anilines is 1. The topological polar surface area (TPSA) is 33.2 Å². The van der Waals surface area contributed by atoms with Crippen LogP contribution in [0.2, 0.25) is 0 Å². The van der Waals surface area contributed by atoms with Crippen LogP contribution in [0.25, 0.3) is 0 Å². The van der Waals surface area contributed by atoms with Crippen molar-refractivity contribution in [3.8, 4) is 0 Å². The fourth-order valence-electron chi connectivity index (χ4n) is 2.04. The van der Waals surface area contributed by atoms with Gasteiger partial charge in [0.15, 0.2) is 0 Å². The molecule has 0 radical (unpaired) electrons. The molecule has 0 aromatic carbocycles. The molecule has 1 aliphatic rings. The lowest BCUT2D eigenvalue weighted by molar-refractivity contribution is -0.125. The molecular formula is C13H17FN2O. The van der Waals surface area contributed by atoms with Crippen LogP contribution in [-0.4, -0.2) is 17.4 Å². The molecule has 0 fully saturated rings. The Bertz CT molecular complexity index is 451. The first-order chi connectivity index (χ1) is 7.89. The highest BCUT2D eigenvalue weighted by atomic mass is 19.1. The van der Waals surface area contributed by atoms with Crippen LogP contribution < -0.4 is 4.90 Å². The molecule has 0 saturated carbocycles. The van der Waals surface area contributed by atoms with Crippen molar-refractivity contribution < 1.29 is 9.18 Å². The molecule has 3 nitrogen and oxygen atoms in total. The van der Waals surface area contributed by atoms with E-state index in [0.717, 1.165) is 18.4 Å². The fourth-order valence-corrected chi connectivity index (χ4v) is 2.04. The molecule has 1 aromatic rings. The molecule has 0 spiro atoms. The summed E-state index contributed by atoms with van der Waals surface area (Å²) in [6.45, 7) is 6.31. The first-order valence-electron chi connectivity index (χ1n) is 5.86. The van der Waals surface area contributed by atoms with Gasteiger partial charge in [0.05, 0.1) is 6.20 Å². The van der Waals surface area contributed by atoms with Crippen molar-refractivity contribution in [1.29, 1.82) is 0 Å². The van der Waals surface area contributed by atoms with Gasteiger partial charge in [-0.05, 0) is 24.5 Å². The second-order valence-electron chi connectivity index (χ2n) is 5.45. The molecule has 2 heterocycles. The predicted octanol–water partition coefficient (Wildman–Crippen LogP) is 2.55. The Balaban J connectivity index is 2.39. The van der Waals surface area contributed by atoms with E-state index in [1.807, 2.05) is 20.8 Å². The fraction of sp³-hybridized carbons (Fsp3) is 0.538. The van der Waals surface area contributed by atoms with E-state index in [9.17, 15) is 9.18 Å².